The van der Waals surface area contributed by atoms with E-state index in [2.05, 4.69) is 23.4 Å². The maximum absolute atomic E-state index is 12.0. The van der Waals surface area contributed by atoms with Gasteiger partial charge in [0.15, 0.2) is 0 Å². The van der Waals surface area contributed by atoms with Gasteiger partial charge in [-0.2, -0.15) is 0 Å². The number of hydrogen-bond donors (Lipinski definition) is 1. The van der Waals surface area contributed by atoms with Crippen molar-refractivity contribution in [1.29, 1.82) is 0 Å². The van der Waals surface area contributed by atoms with Crippen LogP contribution in [0.4, 0.5) is 0 Å². The number of carbonyl (C=O) groups excluding carboxylic acids is 1. The molecule has 0 heterocycles. The molecule has 1 N–H and O–H groups in total. The number of rotatable bonds is 3. The molecule has 1 aliphatic rings. The third-order valence-electron chi connectivity index (χ3n) is 3.23. The largest absolute Gasteiger partial charge is 0.352 e. The molecule has 1 aliphatic carbocycles. The summed E-state index contributed by atoms with van der Waals surface area (Å²) in [4.78, 5) is 12.0. The molecule has 0 radical (unpaired) electrons. The smallest absolute Gasteiger partial charge is 0.224 e. The lowest BCUT2D eigenvalue weighted by molar-refractivity contribution is -0.125. The van der Waals surface area contributed by atoms with Gasteiger partial charge in [0.1, 0.15) is 0 Å². The van der Waals surface area contributed by atoms with E-state index in [0.29, 0.717) is 6.42 Å². The number of hydrogen-bond acceptors (Lipinski definition) is 1. The number of fused-ring (bicyclic) bond motifs is 1. The van der Waals surface area contributed by atoms with Gasteiger partial charge in [0.05, 0.1) is 0 Å². The van der Waals surface area contributed by atoms with Gasteiger partial charge in [0, 0.05) is 18.4 Å². The van der Waals surface area contributed by atoms with Gasteiger partial charge in [-0.25, -0.2) is 0 Å². The van der Waals surface area contributed by atoms with E-state index in [-0.39, 0.29) is 17.9 Å². The van der Waals surface area contributed by atoms with E-state index in [1.807, 2.05) is 19.1 Å². The van der Waals surface area contributed by atoms with Gasteiger partial charge < -0.3 is 5.32 Å². The topological polar surface area (TPSA) is 29.1 Å². The van der Waals surface area contributed by atoms with Crippen LogP contribution in [0.15, 0.2) is 24.3 Å². The average Bonchev–Trinajstić information content (AvgIpc) is 2.72. The lowest BCUT2D eigenvalue weighted by Crippen LogP contribution is -2.37. The molecule has 0 saturated heterocycles. The minimum Gasteiger partial charge on any atom is -0.352 e. The molecule has 0 aromatic heterocycles. The zero-order chi connectivity index (χ0) is 12.3. The lowest BCUT2D eigenvalue weighted by atomic mass is 10.0. The Labute approximate surface area is 102 Å². The number of amides is 1. The zero-order valence-electron chi connectivity index (χ0n) is 10.1. The molecule has 17 heavy (non-hydrogen) atoms. The molecule has 1 unspecified atom stereocenters. The molecule has 1 aromatic carbocycles. The van der Waals surface area contributed by atoms with Crippen LogP contribution in [0.2, 0.25) is 0 Å². The van der Waals surface area contributed by atoms with E-state index in [9.17, 15) is 4.79 Å². The van der Waals surface area contributed by atoms with E-state index < -0.39 is 0 Å². The first kappa shape index (κ1) is 11.7. The third kappa shape index (κ3) is 2.68. The predicted molar refractivity (Wildman–Crippen MR) is 68.4 cm³/mol. The van der Waals surface area contributed by atoms with Crippen LogP contribution in [0.25, 0.3) is 0 Å². The molecule has 88 valence electrons. The van der Waals surface area contributed by atoms with Crippen molar-refractivity contribution in [3.63, 3.8) is 0 Å². The van der Waals surface area contributed by atoms with Crippen LogP contribution in [0.3, 0.4) is 0 Å². The predicted octanol–water partition coefficient (Wildman–Crippen LogP) is 1.93. The van der Waals surface area contributed by atoms with Crippen molar-refractivity contribution in [3.8, 4) is 12.3 Å². The number of carbonyl (C=O) groups is 1. The Morgan fingerprint density at radius 3 is 2.59 bits per heavy atom. The lowest BCUT2D eigenvalue weighted by Gasteiger charge is -2.14. The minimum absolute atomic E-state index is 0.0659. The summed E-state index contributed by atoms with van der Waals surface area (Å²) in [5.74, 6) is 2.77. The normalized spacial score (nSPS) is 16.0. The van der Waals surface area contributed by atoms with Gasteiger partial charge in [-0.05, 0) is 30.9 Å². The van der Waals surface area contributed by atoms with Gasteiger partial charge >= 0.3 is 0 Å². The Morgan fingerprint density at radius 2 is 2.06 bits per heavy atom. The van der Waals surface area contributed by atoms with Gasteiger partial charge in [0.2, 0.25) is 5.91 Å². The van der Waals surface area contributed by atoms with E-state index in [0.717, 1.165) is 12.8 Å². The van der Waals surface area contributed by atoms with Gasteiger partial charge in [-0.15, -0.1) is 12.3 Å². The second kappa shape index (κ2) is 5.05. The Morgan fingerprint density at radius 1 is 1.47 bits per heavy atom. The van der Waals surface area contributed by atoms with Gasteiger partial charge in [0.25, 0.3) is 0 Å². The van der Waals surface area contributed by atoms with Crippen molar-refractivity contribution in [1.82, 2.24) is 5.32 Å². The van der Waals surface area contributed by atoms with Crippen LogP contribution in [-0.2, 0) is 17.6 Å². The monoisotopic (exact) mass is 227 g/mol. The quantitative estimate of drug-likeness (QED) is 0.785. The van der Waals surface area contributed by atoms with Gasteiger partial charge in [-0.3, -0.25) is 4.79 Å². The van der Waals surface area contributed by atoms with Crippen molar-refractivity contribution in [3.05, 3.63) is 35.4 Å². The molecule has 2 rings (SSSR count). The van der Waals surface area contributed by atoms with Crippen LogP contribution in [0.5, 0.6) is 0 Å². The first-order valence-electron chi connectivity index (χ1n) is 6.01. The SMILES string of the molecule is C#CCC(C)NC(=O)C1Cc2ccccc2C1. The van der Waals surface area contributed by atoms with Crippen LogP contribution < -0.4 is 5.32 Å². The second-order valence-electron chi connectivity index (χ2n) is 4.69. The Balaban J connectivity index is 1.95. The Kier molecular flexibility index (Phi) is 3.49. The molecule has 1 atom stereocenters. The fourth-order valence-corrected chi connectivity index (χ4v) is 2.33. The van der Waals surface area contributed by atoms with E-state index in [4.69, 9.17) is 6.42 Å². The molecule has 0 spiro atoms. The van der Waals surface area contributed by atoms with Crippen LogP contribution in [0, 0.1) is 18.3 Å². The van der Waals surface area contributed by atoms with E-state index in [1.54, 1.807) is 0 Å². The van der Waals surface area contributed by atoms with Crippen LogP contribution in [-0.4, -0.2) is 11.9 Å². The van der Waals surface area contributed by atoms with Crippen molar-refractivity contribution in [2.24, 2.45) is 5.92 Å². The van der Waals surface area contributed by atoms with Crippen molar-refractivity contribution >= 4 is 5.91 Å². The molecule has 2 nitrogen and oxygen atoms in total. The number of benzene rings is 1. The molecule has 0 aliphatic heterocycles. The summed E-state index contributed by atoms with van der Waals surface area (Å²) in [6.07, 6.45) is 7.52. The molecule has 0 saturated carbocycles. The first-order chi connectivity index (χ1) is 8.20. The maximum Gasteiger partial charge on any atom is 0.224 e. The summed E-state index contributed by atoms with van der Waals surface area (Å²) in [5, 5.41) is 2.98. The highest BCUT2D eigenvalue weighted by atomic mass is 16.1. The Bertz CT molecular complexity index is 433. The first-order valence-corrected chi connectivity index (χ1v) is 6.01. The highest BCUT2D eigenvalue weighted by Gasteiger charge is 2.27. The standard InChI is InChI=1S/C15H17NO/c1-3-6-11(2)16-15(17)14-9-12-7-4-5-8-13(12)10-14/h1,4-5,7-8,11,14H,6,9-10H2,2H3,(H,16,17). The maximum atomic E-state index is 12.0. The zero-order valence-corrected chi connectivity index (χ0v) is 10.1. The highest BCUT2D eigenvalue weighted by Crippen LogP contribution is 2.26. The van der Waals surface area contributed by atoms with Crippen molar-refractivity contribution in [2.45, 2.75) is 32.2 Å². The van der Waals surface area contributed by atoms with Crippen molar-refractivity contribution < 1.29 is 4.79 Å². The molecule has 0 bridgehead atoms. The van der Waals surface area contributed by atoms with Crippen molar-refractivity contribution in [2.75, 3.05) is 0 Å². The second-order valence-corrected chi connectivity index (χ2v) is 4.69. The molecular formula is C15H17NO. The number of nitrogens with one attached hydrogen (secondary N) is 1. The summed E-state index contributed by atoms with van der Waals surface area (Å²) in [7, 11) is 0. The average molecular weight is 227 g/mol. The Hall–Kier alpha value is -1.75. The molecule has 1 amide bonds. The fourth-order valence-electron chi connectivity index (χ4n) is 2.33. The van der Waals surface area contributed by atoms with E-state index in [1.165, 1.54) is 11.1 Å². The summed E-state index contributed by atoms with van der Waals surface area (Å²) in [6, 6.07) is 8.33. The van der Waals surface area contributed by atoms with E-state index >= 15 is 0 Å². The van der Waals surface area contributed by atoms with Crippen LogP contribution >= 0.6 is 0 Å². The summed E-state index contributed by atoms with van der Waals surface area (Å²) >= 11 is 0. The summed E-state index contributed by atoms with van der Waals surface area (Å²) in [5.41, 5.74) is 2.61. The molecular weight excluding hydrogens is 210 g/mol. The summed E-state index contributed by atoms with van der Waals surface area (Å²) < 4.78 is 0. The summed E-state index contributed by atoms with van der Waals surface area (Å²) in [6.45, 7) is 1.94. The van der Waals surface area contributed by atoms with Gasteiger partial charge in [-0.1, -0.05) is 24.3 Å². The highest BCUT2D eigenvalue weighted by molar-refractivity contribution is 5.80. The number of terminal acetylenes is 1. The fraction of sp³-hybridized carbons (Fsp3) is 0.400. The van der Waals surface area contributed by atoms with Crippen LogP contribution in [0.1, 0.15) is 24.5 Å². The molecule has 0 fully saturated rings. The minimum atomic E-state index is 0.0659. The third-order valence-corrected chi connectivity index (χ3v) is 3.23. The molecule has 2 heteroatoms. The molecule has 1 aromatic rings.